The Morgan fingerprint density at radius 1 is 1.28 bits per heavy atom. The molecule has 1 rings (SSSR count). The summed E-state index contributed by atoms with van der Waals surface area (Å²) < 4.78 is 5.68. The van der Waals surface area contributed by atoms with Gasteiger partial charge in [-0.05, 0) is 30.2 Å². The fourth-order valence-electron chi connectivity index (χ4n) is 2.27. The van der Waals surface area contributed by atoms with Crippen LogP contribution in [0.5, 0.6) is 5.75 Å². The van der Waals surface area contributed by atoms with Crippen molar-refractivity contribution >= 4 is 11.6 Å². The summed E-state index contributed by atoms with van der Waals surface area (Å²) in [7, 11) is 1.76. The lowest BCUT2D eigenvalue weighted by Crippen LogP contribution is -2.15. The van der Waals surface area contributed by atoms with E-state index in [1.807, 2.05) is 0 Å². The van der Waals surface area contributed by atoms with Crippen molar-refractivity contribution < 1.29 is 4.74 Å². The number of benzene rings is 1. The summed E-state index contributed by atoms with van der Waals surface area (Å²) in [6, 6.07) is 4.46. The Balaban J connectivity index is 3.38. The summed E-state index contributed by atoms with van der Waals surface area (Å²) in [4.78, 5) is 0. The monoisotopic (exact) mass is 268 g/mol. The first kappa shape index (κ1) is 15.4. The van der Waals surface area contributed by atoms with Crippen molar-refractivity contribution in [1.29, 1.82) is 0 Å². The number of hydrogen-bond acceptors (Lipinski definition) is 1. The van der Waals surface area contributed by atoms with Crippen LogP contribution in [0, 0.1) is 6.92 Å². The molecule has 102 valence electrons. The third-order valence-electron chi connectivity index (χ3n) is 3.35. The van der Waals surface area contributed by atoms with Gasteiger partial charge in [0.15, 0.2) is 0 Å². The maximum atomic E-state index is 5.87. The highest BCUT2D eigenvalue weighted by atomic mass is 35.5. The molecule has 0 aliphatic heterocycles. The van der Waals surface area contributed by atoms with Gasteiger partial charge >= 0.3 is 0 Å². The molecule has 1 aromatic carbocycles. The molecule has 0 bridgehead atoms. The van der Waals surface area contributed by atoms with Crippen molar-refractivity contribution in [3.8, 4) is 5.75 Å². The predicted molar refractivity (Wildman–Crippen MR) is 80.2 cm³/mol. The molecule has 18 heavy (non-hydrogen) atoms. The zero-order valence-corrected chi connectivity index (χ0v) is 13.2. The molecule has 0 amide bonds. The van der Waals surface area contributed by atoms with E-state index in [0.717, 1.165) is 12.2 Å². The normalized spacial score (nSPS) is 13.5. The van der Waals surface area contributed by atoms with E-state index >= 15 is 0 Å². The second-order valence-corrected chi connectivity index (χ2v) is 6.44. The number of ether oxygens (including phenoxy) is 1. The first-order valence-electron chi connectivity index (χ1n) is 6.56. The predicted octanol–water partition coefficient (Wildman–Crippen LogP) is 5.03. The minimum absolute atomic E-state index is 0.0901. The van der Waals surface area contributed by atoms with Crippen LogP contribution in [0.4, 0.5) is 0 Å². The van der Waals surface area contributed by atoms with Gasteiger partial charge in [0.05, 0.1) is 7.11 Å². The van der Waals surface area contributed by atoms with Crippen LogP contribution in [0.25, 0.3) is 0 Å². The molecule has 0 fully saturated rings. The molecule has 1 nitrogen and oxygen atoms in total. The highest BCUT2D eigenvalue weighted by molar-refractivity contribution is 6.17. The van der Waals surface area contributed by atoms with E-state index < -0.39 is 0 Å². The molecular formula is C16H25ClO. The molecule has 0 radical (unpaired) electrons. The Labute approximate surface area is 116 Å². The molecule has 2 heteroatoms. The van der Waals surface area contributed by atoms with Gasteiger partial charge in [-0.25, -0.2) is 0 Å². The first-order chi connectivity index (χ1) is 8.31. The van der Waals surface area contributed by atoms with Gasteiger partial charge in [-0.15, -0.1) is 11.6 Å². The molecule has 0 N–H and O–H groups in total. The molecular weight excluding hydrogens is 244 g/mol. The summed E-state index contributed by atoms with van der Waals surface area (Å²) in [6.45, 7) is 11.0. The van der Waals surface area contributed by atoms with Crippen LogP contribution in [0.1, 0.15) is 56.7 Å². The molecule has 0 aliphatic rings. The zero-order chi connectivity index (χ0) is 13.9. The largest absolute Gasteiger partial charge is 0.496 e. The van der Waals surface area contributed by atoms with Crippen molar-refractivity contribution in [1.82, 2.24) is 0 Å². The average Bonchev–Trinajstić information content (AvgIpc) is 2.27. The molecule has 0 aromatic heterocycles. The van der Waals surface area contributed by atoms with Crippen LogP contribution in [0.15, 0.2) is 12.1 Å². The van der Waals surface area contributed by atoms with Gasteiger partial charge in [0.2, 0.25) is 0 Å². The van der Waals surface area contributed by atoms with Crippen LogP contribution < -0.4 is 4.74 Å². The van der Waals surface area contributed by atoms with E-state index in [2.05, 4.69) is 46.8 Å². The van der Waals surface area contributed by atoms with Crippen molar-refractivity contribution in [2.75, 3.05) is 13.0 Å². The van der Waals surface area contributed by atoms with Crippen LogP contribution in [0.2, 0.25) is 0 Å². The Hall–Kier alpha value is -0.690. The van der Waals surface area contributed by atoms with E-state index in [1.165, 1.54) is 16.7 Å². The number of halogens is 1. The SMILES string of the molecule is COc1c(C(C)CCCl)cc(C)cc1C(C)(C)C. The van der Waals surface area contributed by atoms with E-state index in [-0.39, 0.29) is 5.41 Å². The van der Waals surface area contributed by atoms with E-state index in [1.54, 1.807) is 7.11 Å². The van der Waals surface area contributed by atoms with Gasteiger partial charge in [0.25, 0.3) is 0 Å². The molecule has 0 saturated heterocycles. The van der Waals surface area contributed by atoms with Crippen molar-refractivity contribution in [2.24, 2.45) is 0 Å². The van der Waals surface area contributed by atoms with Crippen molar-refractivity contribution in [3.63, 3.8) is 0 Å². The summed E-state index contributed by atoms with van der Waals surface area (Å²) in [5.74, 6) is 2.15. The number of alkyl halides is 1. The topological polar surface area (TPSA) is 9.23 Å². The maximum absolute atomic E-state index is 5.87. The maximum Gasteiger partial charge on any atom is 0.126 e. The number of methoxy groups -OCH3 is 1. The van der Waals surface area contributed by atoms with E-state index in [9.17, 15) is 0 Å². The second kappa shape index (κ2) is 5.97. The van der Waals surface area contributed by atoms with Gasteiger partial charge in [0.1, 0.15) is 5.75 Å². The standard InChI is InChI=1S/C16H25ClO/c1-11-9-13(12(2)7-8-17)15(18-6)14(10-11)16(3,4)5/h9-10,12H,7-8H2,1-6H3. The molecule has 0 heterocycles. The third-order valence-corrected chi connectivity index (χ3v) is 3.57. The lowest BCUT2D eigenvalue weighted by molar-refractivity contribution is 0.389. The lowest BCUT2D eigenvalue weighted by atomic mass is 9.82. The molecule has 0 spiro atoms. The van der Waals surface area contributed by atoms with Crippen molar-refractivity contribution in [3.05, 3.63) is 28.8 Å². The van der Waals surface area contributed by atoms with Crippen LogP contribution in [-0.4, -0.2) is 13.0 Å². The van der Waals surface area contributed by atoms with Gasteiger partial charge in [-0.1, -0.05) is 45.4 Å². The number of aryl methyl sites for hydroxylation is 1. The molecule has 0 aliphatic carbocycles. The average molecular weight is 269 g/mol. The first-order valence-corrected chi connectivity index (χ1v) is 7.09. The number of hydrogen-bond donors (Lipinski definition) is 0. The lowest BCUT2D eigenvalue weighted by Gasteiger charge is -2.26. The Morgan fingerprint density at radius 2 is 1.89 bits per heavy atom. The van der Waals surface area contributed by atoms with Gasteiger partial charge in [0, 0.05) is 11.4 Å². The smallest absolute Gasteiger partial charge is 0.126 e. The molecule has 1 aromatic rings. The molecule has 1 atom stereocenters. The van der Waals surface area contributed by atoms with Crippen LogP contribution >= 0.6 is 11.6 Å². The van der Waals surface area contributed by atoms with Crippen LogP contribution in [0.3, 0.4) is 0 Å². The third kappa shape index (κ3) is 3.41. The second-order valence-electron chi connectivity index (χ2n) is 6.06. The molecule has 1 unspecified atom stereocenters. The Kier molecular flexibility index (Phi) is 5.10. The zero-order valence-electron chi connectivity index (χ0n) is 12.4. The number of rotatable bonds is 4. The van der Waals surface area contributed by atoms with E-state index in [0.29, 0.717) is 11.8 Å². The minimum Gasteiger partial charge on any atom is -0.496 e. The summed E-state index contributed by atoms with van der Waals surface area (Å²) in [6.07, 6.45) is 0.977. The van der Waals surface area contributed by atoms with Gasteiger partial charge in [-0.3, -0.25) is 0 Å². The summed E-state index contributed by atoms with van der Waals surface area (Å²) in [5.41, 5.74) is 3.94. The van der Waals surface area contributed by atoms with Gasteiger partial charge < -0.3 is 4.74 Å². The Bertz CT molecular complexity index is 404. The fourth-order valence-corrected chi connectivity index (χ4v) is 2.60. The van der Waals surface area contributed by atoms with Crippen LogP contribution in [-0.2, 0) is 5.41 Å². The fraction of sp³-hybridized carbons (Fsp3) is 0.625. The highest BCUT2D eigenvalue weighted by Crippen LogP contribution is 2.39. The van der Waals surface area contributed by atoms with Gasteiger partial charge in [-0.2, -0.15) is 0 Å². The minimum atomic E-state index is 0.0901. The highest BCUT2D eigenvalue weighted by Gasteiger charge is 2.23. The van der Waals surface area contributed by atoms with E-state index in [4.69, 9.17) is 16.3 Å². The Morgan fingerprint density at radius 3 is 2.33 bits per heavy atom. The summed E-state index contributed by atoms with van der Waals surface area (Å²) >= 11 is 5.87. The molecule has 0 saturated carbocycles. The quantitative estimate of drug-likeness (QED) is 0.696. The summed E-state index contributed by atoms with van der Waals surface area (Å²) in [5, 5.41) is 0. The van der Waals surface area contributed by atoms with Crippen molar-refractivity contribution in [2.45, 2.75) is 52.4 Å².